The van der Waals surface area contributed by atoms with E-state index in [-0.39, 0.29) is 20.1 Å². The van der Waals surface area contributed by atoms with Crippen molar-refractivity contribution in [2.45, 2.75) is 25.7 Å². The van der Waals surface area contributed by atoms with Crippen LogP contribution in [0.1, 0.15) is 22.3 Å². The van der Waals surface area contributed by atoms with Crippen LogP contribution in [0.25, 0.3) is 83.9 Å². The van der Waals surface area contributed by atoms with Gasteiger partial charge in [-0.15, -0.1) is 94.5 Å². The molecule has 68 heavy (non-hydrogen) atoms. The fraction of sp³-hybridized carbons (Fsp3) is 0.0635. The summed E-state index contributed by atoms with van der Waals surface area (Å²) in [7, 11) is 0. The van der Waals surface area contributed by atoms with Gasteiger partial charge in [0.25, 0.3) is 0 Å². The third kappa shape index (κ3) is 9.68. The van der Waals surface area contributed by atoms with Crippen LogP contribution in [0.4, 0.5) is 0 Å². The number of hydrogen-bond acceptors (Lipinski definition) is 3. The summed E-state index contributed by atoms with van der Waals surface area (Å²) < 4.78 is 2.44. The van der Waals surface area contributed by atoms with Crippen molar-refractivity contribution in [1.29, 1.82) is 0 Å². The summed E-state index contributed by atoms with van der Waals surface area (Å²) in [5.41, 5.74) is 19.9. The Labute approximate surface area is 412 Å². The third-order valence-corrected chi connectivity index (χ3v) is 12.5. The molecule has 0 N–H and O–H groups in total. The number of benzene rings is 7. The van der Waals surface area contributed by atoms with Crippen LogP contribution in [0.15, 0.2) is 225 Å². The van der Waals surface area contributed by atoms with Crippen LogP contribution in [-0.4, -0.2) is 19.5 Å². The summed E-state index contributed by atoms with van der Waals surface area (Å²) in [6.07, 6.45) is 9.06. The van der Waals surface area contributed by atoms with Crippen LogP contribution in [-0.2, 0) is 45.8 Å². The fourth-order valence-corrected chi connectivity index (χ4v) is 9.03. The molecule has 0 saturated heterocycles. The first kappa shape index (κ1) is 44.0. The van der Waals surface area contributed by atoms with E-state index in [0.717, 1.165) is 87.5 Å². The minimum Gasteiger partial charge on any atom is -0.350 e. The van der Waals surface area contributed by atoms with E-state index in [2.05, 4.69) is 190 Å². The molecule has 0 radical (unpaired) electrons. The molecule has 0 spiro atoms. The Hall–Kier alpha value is -7.82. The largest absolute Gasteiger partial charge is 3.00 e. The predicted octanol–water partition coefficient (Wildman–Crippen LogP) is 14.8. The number of pyridine rings is 3. The molecule has 11 rings (SSSR count). The Balaban J connectivity index is 0.00000539. The number of para-hydroxylation sites is 1. The summed E-state index contributed by atoms with van der Waals surface area (Å²) in [5.74, 6) is 0. The van der Waals surface area contributed by atoms with Crippen molar-refractivity contribution in [3.63, 3.8) is 0 Å². The van der Waals surface area contributed by atoms with E-state index < -0.39 is 0 Å². The number of hydrogen-bond donors (Lipinski definition) is 0. The first-order chi connectivity index (χ1) is 33.2. The van der Waals surface area contributed by atoms with Crippen molar-refractivity contribution in [2.24, 2.45) is 0 Å². The molecule has 4 aromatic heterocycles. The van der Waals surface area contributed by atoms with Gasteiger partial charge in [-0.3, -0.25) is 0 Å². The monoisotopic (exact) mass is 1050 g/mol. The Morgan fingerprint density at radius 2 is 0.868 bits per heavy atom. The molecule has 0 unspecified atom stereocenters. The van der Waals surface area contributed by atoms with Crippen molar-refractivity contribution in [2.75, 3.05) is 0 Å². The summed E-state index contributed by atoms with van der Waals surface area (Å²) in [6.45, 7) is 0. The minimum absolute atomic E-state index is 0. The normalized spacial score (nSPS) is 11.1. The van der Waals surface area contributed by atoms with E-state index in [1.165, 1.54) is 44.3 Å². The molecule has 7 aromatic carbocycles. The van der Waals surface area contributed by atoms with Crippen LogP contribution in [0, 0.1) is 18.2 Å². The van der Waals surface area contributed by atoms with Crippen LogP contribution in [0.2, 0.25) is 0 Å². The number of aromatic nitrogens is 4. The number of fused-ring (bicyclic) bond motifs is 1. The molecule has 0 bridgehead atoms. The molecule has 0 aliphatic heterocycles. The van der Waals surface area contributed by atoms with Gasteiger partial charge in [-0.2, -0.15) is 0 Å². The first-order valence-electron chi connectivity index (χ1n) is 22.9. The second-order valence-corrected chi connectivity index (χ2v) is 16.9. The molecule has 0 aliphatic carbocycles. The van der Waals surface area contributed by atoms with Gasteiger partial charge in [-0.1, -0.05) is 134 Å². The summed E-state index contributed by atoms with van der Waals surface area (Å²) in [6, 6.07) is 83.8. The van der Waals surface area contributed by atoms with Gasteiger partial charge in [-0.05, 0) is 117 Å². The SMILES string of the molecule is [Ir+3].[c-]1cc(CCc2cc(CCc3c[c-]c(-c4ccccn4)cc3)cc(-c3cc4ccccc4n3-c3c[c-]c(-c4ccccn4)cc3-c3ccc(-c4ccccc4)cc3)c2)ccc1-c1ccccn1. The number of aryl methyl sites for hydroxylation is 4. The Bertz CT molecular complexity index is 3300. The molecule has 0 saturated carbocycles. The van der Waals surface area contributed by atoms with E-state index in [1.54, 1.807) is 0 Å². The predicted molar refractivity (Wildman–Crippen MR) is 273 cm³/mol. The summed E-state index contributed by atoms with van der Waals surface area (Å²) >= 11 is 0. The standard InChI is InChI=1S/C63H45N4.Ir/c1-2-12-49(13-3-1)50-31-33-51(34-32-50)57-43-54(60-17-8-11-39-66-60)35-36-62(57)67-61-18-5-4-14-55(61)44-63(67)56-41-47(21-19-45-23-27-52(28-24-45)58-15-6-9-37-64-58)40-48(42-56)22-20-46-25-29-53(30-26-46)59-16-7-10-38-65-59;/h1-18,23-27,29,31-34,36-44H,19-22H2;/q-3;+3. The smallest absolute Gasteiger partial charge is 0.350 e. The second-order valence-electron chi connectivity index (χ2n) is 16.9. The maximum absolute atomic E-state index is 4.73. The van der Waals surface area contributed by atoms with Gasteiger partial charge >= 0.3 is 20.1 Å². The second kappa shape index (κ2) is 20.4. The summed E-state index contributed by atoms with van der Waals surface area (Å²) in [5, 5.41) is 1.18. The number of rotatable bonds is 13. The average molecular weight is 1050 g/mol. The van der Waals surface area contributed by atoms with Crippen molar-refractivity contribution >= 4 is 10.9 Å². The zero-order valence-electron chi connectivity index (χ0n) is 37.3. The van der Waals surface area contributed by atoms with Gasteiger partial charge in [0.2, 0.25) is 0 Å². The van der Waals surface area contributed by atoms with Crippen LogP contribution >= 0.6 is 0 Å². The zero-order chi connectivity index (χ0) is 44.8. The maximum atomic E-state index is 4.73. The van der Waals surface area contributed by atoms with E-state index in [9.17, 15) is 0 Å². The molecule has 0 aliphatic rings. The average Bonchev–Trinajstić information content (AvgIpc) is 3.80. The van der Waals surface area contributed by atoms with Crippen LogP contribution < -0.4 is 0 Å². The molecule has 11 aromatic rings. The molecule has 0 amide bonds. The fourth-order valence-electron chi connectivity index (χ4n) is 9.03. The third-order valence-electron chi connectivity index (χ3n) is 12.5. The van der Waals surface area contributed by atoms with E-state index in [4.69, 9.17) is 4.98 Å². The number of nitrogens with zero attached hydrogens (tertiary/aromatic N) is 4. The molecule has 4 nitrogen and oxygen atoms in total. The van der Waals surface area contributed by atoms with Gasteiger partial charge in [0.1, 0.15) is 0 Å². The van der Waals surface area contributed by atoms with Gasteiger partial charge in [-0.25, -0.2) is 0 Å². The first-order valence-corrected chi connectivity index (χ1v) is 22.9. The zero-order valence-corrected chi connectivity index (χ0v) is 39.7. The van der Waals surface area contributed by atoms with Gasteiger partial charge in [0.05, 0.1) is 0 Å². The van der Waals surface area contributed by atoms with E-state index in [1.807, 2.05) is 67.1 Å². The molecular formula is C63H45IrN4. The van der Waals surface area contributed by atoms with Gasteiger partial charge in [0.15, 0.2) is 0 Å². The molecule has 0 atom stereocenters. The molecular weight excluding hydrogens is 1000 g/mol. The van der Waals surface area contributed by atoms with Gasteiger partial charge < -0.3 is 19.5 Å². The topological polar surface area (TPSA) is 43.6 Å². The Morgan fingerprint density at radius 1 is 0.368 bits per heavy atom. The van der Waals surface area contributed by atoms with Crippen molar-refractivity contribution in [3.05, 3.63) is 265 Å². The van der Waals surface area contributed by atoms with Crippen molar-refractivity contribution in [1.82, 2.24) is 19.5 Å². The Morgan fingerprint density at radius 3 is 1.43 bits per heavy atom. The minimum atomic E-state index is 0. The van der Waals surface area contributed by atoms with E-state index >= 15 is 0 Å². The summed E-state index contributed by atoms with van der Waals surface area (Å²) in [4.78, 5) is 13.8. The quantitative estimate of drug-likeness (QED) is 0.108. The van der Waals surface area contributed by atoms with Crippen LogP contribution in [0.5, 0.6) is 0 Å². The van der Waals surface area contributed by atoms with Crippen molar-refractivity contribution < 1.29 is 20.1 Å². The maximum Gasteiger partial charge on any atom is 3.00 e. The van der Waals surface area contributed by atoms with Gasteiger partial charge in [0, 0.05) is 29.8 Å². The molecule has 5 heteroatoms. The van der Waals surface area contributed by atoms with E-state index in [0.29, 0.717) is 0 Å². The molecule has 326 valence electrons. The molecule has 0 fully saturated rings. The molecule has 4 heterocycles. The van der Waals surface area contributed by atoms with Crippen molar-refractivity contribution in [3.8, 4) is 73.0 Å². The Kier molecular flexibility index (Phi) is 13.2. The van der Waals surface area contributed by atoms with Crippen LogP contribution in [0.3, 0.4) is 0 Å².